The zero-order chi connectivity index (χ0) is 12.9. The van der Waals surface area contributed by atoms with Crippen LogP contribution in [0.4, 0.5) is 0 Å². The molecule has 0 atom stereocenters. The molecule has 0 unspecified atom stereocenters. The molecule has 0 spiro atoms. The Balaban J connectivity index is 0.00000110. The minimum Gasteiger partial charge on any atom is -1.00 e. The Morgan fingerprint density at radius 3 is 0.905 bits per heavy atom. The Labute approximate surface area is 154 Å². The van der Waals surface area contributed by atoms with Crippen LogP contribution in [0.5, 0.6) is 0 Å². The van der Waals surface area contributed by atoms with E-state index < -0.39 is 8.80 Å². The maximum absolute atomic E-state index is 2.24. The van der Waals surface area contributed by atoms with Crippen molar-refractivity contribution in [2.24, 2.45) is 0 Å². The van der Waals surface area contributed by atoms with E-state index in [0.29, 0.717) is 0 Å². The molecule has 0 radical (unpaired) electrons. The molecule has 3 aromatic carbocycles. The summed E-state index contributed by atoms with van der Waals surface area (Å²) in [7, 11) is -0.877. The molecule has 100 valence electrons. The van der Waals surface area contributed by atoms with Crippen molar-refractivity contribution in [3.63, 3.8) is 0 Å². The van der Waals surface area contributed by atoms with Crippen molar-refractivity contribution < 1.29 is 17.0 Å². The zero-order valence-electron chi connectivity index (χ0n) is 11.7. The van der Waals surface area contributed by atoms with Crippen LogP contribution in [-0.4, -0.2) is 31.8 Å². The summed E-state index contributed by atoms with van der Waals surface area (Å²) in [5.74, 6) is 0. The van der Waals surface area contributed by atoms with Gasteiger partial charge in [-0.1, -0.05) is 91.0 Å². The Hall–Kier alpha value is -0.877. The van der Waals surface area contributed by atoms with Gasteiger partial charge in [0.05, 0.1) is 0 Å². The van der Waals surface area contributed by atoms with E-state index >= 15 is 0 Å². The van der Waals surface area contributed by atoms with Gasteiger partial charge in [0.2, 0.25) is 0 Å². The number of hydrogen-bond donors (Lipinski definition) is 0. The van der Waals surface area contributed by atoms with Crippen molar-refractivity contribution in [3.8, 4) is 0 Å². The number of benzene rings is 3. The molecule has 3 aromatic rings. The van der Waals surface area contributed by atoms with Crippen molar-refractivity contribution in [1.82, 2.24) is 0 Å². The van der Waals surface area contributed by atoms with Gasteiger partial charge in [-0.05, 0) is 0 Å². The van der Waals surface area contributed by atoms with Gasteiger partial charge in [-0.2, -0.15) is 15.6 Å². The molecule has 0 saturated heterocycles. The Bertz CT molecular complexity index is 535. The predicted molar refractivity (Wildman–Crippen MR) is 89.7 cm³/mol. The molecule has 0 aromatic heterocycles. The normalized spacial score (nSPS) is 9.14. The molecule has 0 N–H and O–H groups in total. The largest absolute Gasteiger partial charge is 2.00 e. The third kappa shape index (κ3) is 4.55. The summed E-state index contributed by atoms with van der Waals surface area (Å²) in [6, 6.07) is 32.5. The molecule has 0 aliphatic heterocycles. The third-order valence-corrected chi connectivity index (χ3v) is 5.92. The minimum atomic E-state index is -0.877. The van der Waals surface area contributed by atoms with E-state index in [4.69, 9.17) is 0 Å². The summed E-state index contributed by atoms with van der Waals surface area (Å²) in [4.78, 5) is 0. The van der Waals surface area contributed by atoms with E-state index in [9.17, 15) is 0 Å². The molecule has 0 nitrogen and oxygen atoms in total. The molecule has 0 bridgehead atoms. The summed E-state index contributed by atoms with van der Waals surface area (Å²) in [5, 5.41) is 4.31. The molecular weight excluding hydrogens is 348 g/mol. The summed E-state index contributed by atoms with van der Waals surface area (Å²) in [6.07, 6.45) is 0. The monoisotopic (exact) mass is 362 g/mol. The van der Waals surface area contributed by atoms with Crippen LogP contribution >= 0.6 is 0 Å². The van der Waals surface area contributed by atoms with E-state index in [1.807, 2.05) is 0 Å². The van der Waals surface area contributed by atoms with Gasteiger partial charge in [0, 0.05) is 0 Å². The van der Waals surface area contributed by atoms with E-state index in [-0.39, 0.29) is 40.0 Å². The predicted octanol–water partition coefficient (Wildman–Crippen LogP) is -1.17. The van der Waals surface area contributed by atoms with Gasteiger partial charge in [0.15, 0.2) is 0 Å². The van der Waals surface area contributed by atoms with E-state index in [0.717, 1.165) is 0 Å². The van der Waals surface area contributed by atoms with Crippen molar-refractivity contribution >= 4 is 47.4 Å². The van der Waals surface area contributed by atoms with Crippen LogP contribution in [-0.2, 0) is 0 Å². The van der Waals surface area contributed by atoms with Crippen LogP contribution in [0.3, 0.4) is 0 Å². The summed E-state index contributed by atoms with van der Waals surface area (Å²) >= 11 is 0. The Kier molecular flexibility index (Phi) is 7.96. The number of rotatable bonds is 3. The van der Waals surface area contributed by atoms with Gasteiger partial charge in [0.25, 0.3) is 0 Å². The van der Waals surface area contributed by atoms with Gasteiger partial charge in [-0.25, -0.2) is 8.80 Å². The second-order valence-electron chi connectivity index (χ2n) is 4.47. The van der Waals surface area contributed by atoms with Gasteiger partial charge in [-0.3, -0.25) is 0 Å². The van der Waals surface area contributed by atoms with Crippen molar-refractivity contribution in [2.75, 3.05) is 0 Å². The van der Waals surface area contributed by atoms with Crippen molar-refractivity contribution in [3.05, 3.63) is 91.0 Å². The van der Waals surface area contributed by atoms with Crippen LogP contribution < -0.4 is 32.5 Å². The minimum absolute atomic E-state index is 0. The summed E-state index contributed by atoms with van der Waals surface area (Å²) in [6.45, 7) is 0. The van der Waals surface area contributed by atoms with Crippen LogP contribution in [0.1, 0.15) is 0 Å². The first kappa shape index (κ1) is 18.2. The molecule has 0 heterocycles. The van der Waals surface area contributed by atoms with Gasteiger partial charge < -0.3 is 17.0 Å². The average Bonchev–Trinajstić information content (AvgIpc) is 2.51. The number of hydrogen-bond acceptors (Lipinski definition) is 0. The van der Waals surface area contributed by atoms with Crippen LogP contribution in [0.15, 0.2) is 91.0 Å². The first-order chi connectivity index (χ1) is 9.45. The Morgan fingerprint density at radius 2 is 0.667 bits per heavy atom. The summed E-state index contributed by atoms with van der Waals surface area (Å²) < 4.78 is 0. The average molecular weight is 364 g/mol. The van der Waals surface area contributed by atoms with E-state index in [1.54, 1.807) is 0 Å². The maximum atomic E-state index is 2.24. The molecule has 0 fully saturated rings. The van der Waals surface area contributed by atoms with Crippen LogP contribution in [0.25, 0.3) is 0 Å². The summed E-state index contributed by atoms with van der Waals surface area (Å²) in [5.41, 5.74) is 0. The van der Waals surface area contributed by atoms with Gasteiger partial charge >= 0.3 is 23.1 Å². The second kappa shape index (κ2) is 9.20. The second-order valence-corrected chi connectivity index (χ2v) is 6.96. The molecular formula is C18H15BrMgSi. The third-order valence-electron chi connectivity index (χ3n) is 3.19. The fraction of sp³-hybridized carbons (Fsp3) is 0. The molecule has 0 saturated carbocycles. The molecule has 0 aliphatic rings. The van der Waals surface area contributed by atoms with E-state index in [1.165, 1.54) is 15.6 Å². The molecule has 0 amide bonds. The standard InChI is InChI=1S/C18H15Si.BrH.Mg/c1-4-10-16(11-5-1)19(17-12-6-2-7-13-17)18-14-8-3-9-15-18;;/h1-15H;1H;/q-1;;+2/p-1. The van der Waals surface area contributed by atoms with E-state index in [2.05, 4.69) is 91.0 Å². The van der Waals surface area contributed by atoms with Crippen LogP contribution in [0, 0.1) is 0 Å². The number of halogens is 1. The fourth-order valence-electron chi connectivity index (χ4n) is 2.31. The zero-order valence-corrected chi connectivity index (χ0v) is 15.7. The SMILES string of the molecule is [Br-].[Mg+2].c1ccc([Si-](c2ccccc2)c2ccccc2)cc1. The molecule has 3 rings (SSSR count). The van der Waals surface area contributed by atoms with Crippen molar-refractivity contribution in [1.29, 1.82) is 0 Å². The first-order valence-electron chi connectivity index (χ1n) is 6.48. The molecule has 21 heavy (non-hydrogen) atoms. The first-order valence-corrected chi connectivity index (χ1v) is 7.98. The maximum Gasteiger partial charge on any atom is 2.00 e. The smallest absolute Gasteiger partial charge is 1.00 e. The molecule has 3 heteroatoms. The quantitative estimate of drug-likeness (QED) is 0.406. The van der Waals surface area contributed by atoms with Gasteiger partial charge in [0.1, 0.15) is 0 Å². The molecule has 0 aliphatic carbocycles. The van der Waals surface area contributed by atoms with Crippen LogP contribution in [0.2, 0.25) is 0 Å². The van der Waals surface area contributed by atoms with Gasteiger partial charge in [-0.15, -0.1) is 0 Å². The Morgan fingerprint density at radius 1 is 0.429 bits per heavy atom. The fourth-order valence-corrected chi connectivity index (χ4v) is 4.89. The topological polar surface area (TPSA) is 0 Å². The van der Waals surface area contributed by atoms with Crippen molar-refractivity contribution in [2.45, 2.75) is 0 Å².